The molecular formula is C18H15Cl2N3O2S. The Morgan fingerprint density at radius 1 is 1.23 bits per heavy atom. The molecule has 0 saturated heterocycles. The maximum Gasteiger partial charge on any atom is 0.258 e. The maximum absolute atomic E-state index is 12.4. The average Bonchev–Trinajstić information content (AvgIpc) is 2.62. The maximum atomic E-state index is 12.4. The second kappa shape index (κ2) is 8.12. The monoisotopic (exact) mass is 407 g/mol. The first-order valence-electron chi connectivity index (χ1n) is 7.74. The molecule has 3 aromatic rings. The predicted octanol–water partition coefficient (Wildman–Crippen LogP) is 3.98. The van der Waals surface area contributed by atoms with Crippen molar-refractivity contribution in [1.29, 1.82) is 0 Å². The molecule has 26 heavy (non-hydrogen) atoms. The van der Waals surface area contributed by atoms with Crippen LogP contribution in [0.15, 0.2) is 52.2 Å². The minimum absolute atomic E-state index is 0.109. The van der Waals surface area contributed by atoms with Crippen LogP contribution < -0.4 is 5.56 Å². The highest BCUT2D eigenvalue weighted by molar-refractivity contribution is 8.00. The van der Waals surface area contributed by atoms with Gasteiger partial charge in [-0.05, 0) is 30.3 Å². The lowest BCUT2D eigenvalue weighted by atomic mass is 10.2. The second-order valence-electron chi connectivity index (χ2n) is 5.64. The summed E-state index contributed by atoms with van der Waals surface area (Å²) in [5, 5.41) is 1.64. The van der Waals surface area contributed by atoms with Gasteiger partial charge in [0, 0.05) is 17.0 Å². The molecule has 0 unspecified atom stereocenters. The number of hydrogen-bond donors (Lipinski definition) is 1. The number of fused-ring (bicyclic) bond motifs is 1. The van der Waals surface area contributed by atoms with Gasteiger partial charge in [-0.1, -0.05) is 35.3 Å². The molecule has 0 aliphatic rings. The highest BCUT2D eigenvalue weighted by Gasteiger charge is 2.13. The van der Waals surface area contributed by atoms with E-state index in [0.29, 0.717) is 26.8 Å². The van der Waals surface area contributed by atoms with Crippen LogP contribution in [0.1, 0.15) is 5.82 Å². The summed E-state index contributed by atoms with van der Waals surface area (Å²) >= 11 is 13.4. The lowest BCUT2D eigenvalue weighted by molar-refractivity contribution is -0.127. The Morgan fingerprint density at radius 3 is 2.81 bits per heavy atom. The van der Waals surface area contributed by atoms with Crippen LogP contribution in [0.3, 0.4) is 0 Å². The van der Waals surface area contributed by atoms with Crippen LogP contribution in [-0.2, 0) is 11.3 Å². The van der Waals surface area contributed by atoms with Gasteiger partial charge in [0.2, 0.25) is 5.91 Å². The molecule has 0 spiro atoms. The third kappa shape index (κ3) is 4.38. The number of aromatic amines is 1. The van der Waals surface area contributed by atoms with E-state index in [4.69, 9.17) is 23.2 Å². The number of halogens is 2. The van der Waals surface area contributed by atoms with Crippen molar-refractivity contribution in [3.05, 3.63) is 68.7 Å². The Morgan fingerprint density at radius 2 is 2.00 bits per heavy atom. The standard InChI is InChI=1S/C18H15Cl2N3O2S/c1-23(17(24)10-26-15-8-11(19)6-7-13(15)20)9-16-21-14-5-3-2-4-12(14)18(25)22-16/h2-8H,9-10H2,1H3,(H,21,22,25). The number of thioether (sulfide) groups is 1. The normalized spacial score (nSPS) is 10.9. The van der Waals surface area contributed by atoms with E-state index in [1.54, 1.807) is 43.4 Å². The summed E-state index contributed by atoms with van der Waals surface area (Å²) in [6.45, 7) is 0.211. The number of H-pyrrole nitrogens is 1. The SMILES string of the molecule is CN(Cc1nc2ccccc2c(=O)[nH]1)C(=O)CSc1cc(Cl)ccc1Cl. The van der Waals surface area contributed by atoms with Gasteiger partial charge < -0.3 is 9.88 Å². The second-order valence-corrected chi connectivity index (χ2v) is 7.50. The zero-order valence-corrected chi connectivity index (χ0v) is 16.2. The van der Waals surface area contributed by atoms with Crippen molar-refractivity contribution in [3.8, 4) is 0 Å². The number of carbonyl (C=O) groups excluding carboxylic acids is 1. The Bertz CT molecular complexity index is 1020. The number of amides is 1. The quantitative estimate of drug-likeness (QED) is 0.649. The summed E-state index contributed by atoms with van der Waals surface area (Å²) in [5.74, 6) is 0.533. The summed E-state index contributed by atoms with van der Waals surface area (Å²) in [4.78, 5) is 33.9. The number of carbonyl (C=O) groups is 1. The number of hydrogen-bond acceptors (Lipinski definition) is 4. The largest absolute Gasteiger partial charge is 0.338 e. The van der Waals surface area contributed by atoms with E-state index in [2.05, 4.69) is 9.97 Å². The van der Waals surface area contributed by atoms with Crippen molar-refractivity contribution in [2.45, 2.75) is 11.4 Å². The van der Waals surface area contributed by atoms with Crippen LogP contribution in [0.2, 0.25) is 10.0 Å². The average molecular weight is 408 g/mol. The molecule has 8 heteroatoms. The molecular weight excluding hydrogens is 393 g/mol. The van der Waals surface area contributed by atoms with Gasteiger partial charge in [0.25, 0.3) is 5.56 Å². The van der Waals surface area contributed by atoms with Crippen molar-refractivity contribution in [2.75, 3.05) is 12.8 Å². The first-order chi connectivity index (χ1) is 12.4. The third-order valence-electron chi connectivity index (χ3n) is 3.72. The third-order valence-corrected chi connectivity index (χ3v) is 5.44. The highest BCUT2D eigenvalue weighted by atomic mass is 35.5. The Kier molecular flexibility index (Phi) is 5.86. The van der Waals surface area contributed by atoms with Crippen molar-refractivity contribution in [3.63, 3.8) is 0 Å². The van der Waals surface area contributed by atoms with Crippen molar-refractivity contribution < 1.29 is 4.79 Å². The fraction of sp³-hybridized carbons (Fsp3) is 0.167. The molecule has 1 N–H and O–H groups in total. The number of para-hydroxylation sites is 1. The minimum Gasteiger partial charge on any atom is -0.338 e. The lowest BCUT2D eigenvalue weighted by Crippen LogP contribution is -2.29. The molecule has 0 saturated carbocycles. The molecule has 3 rings (SSSR count). The summed E-state index contributed by atoms with van der Waals surface area (Å²) in [5.41, 5.74) is 0.388. The van der Waals surface area contributed by atoms with Crippen LogP contribution in [0, 0.1) is 0 Å². The number of nitrogens with zero attached hydrogens (tertiary/aromatic N) is 2. The van der Waals surface area contributed by atoms with Gasteiger partial charge in [0.1, 0.15) is 5.82 Å². The van der Waals surface area contributed by atoms with Gasteiger partial charge in [-0.2, -0.15) is 0 Å². The predicted molar refractivity (Wildman–Crippen MR) is 106 cm³/mol. The topological polar surface area (TPSA) is 66.1 Å². The molecule has 1 heterocycles. The molecule has 1 amide bonds. The number of aromatic nitrogens is 2. The number of rotatable bonds is 5. The summed E-state index contributed by atoms with van der Waals surface area (Å²) in [6, 6.07) is 12.2. The van der Waals surface area contributed by atoms with E-state index in [1.807, 2.05) is 6.07 Å². The highest BCUT2D eigenvalue weighted by Crippen LogP contribution is 2.29. The molecule has 0 atom stereocenters. The lowest BCUT2D eigenvalue weighted by Gasteiger charge is -2.16. The van der Waals surface area contributed by atoms with Crippen LogP contribution in [0.4, 0.5) is 0 Å². The van der Waals surface area contributed by atoms with Crippen molar-refractivity contribution >= 4 is 51.8 Å². The van der Waals surface area contributed by atoms with Gasteiger partial charge in [-0.3, -0.25) is 9.59 Å². The first-order valence-corrected chi connectivity index (χ1v) is 9.48. The Hall–Kier alpha value is -2.02. The van der Waals surface area contributed by atoms with Crippen LogP contribution in [-0.4, -0.2) is 33.6 Å². The van der Waals surface area contributed by atoms with Gasteiger partial charge in [0.15, 0.2) is 0 Å². The Balaban J connectivity index is 1.67. The summed E-state index contributed by atoms with van der Waals surface area (Å²) in [7, 11) is 1.66. The van der Waals surface area contributed by atoms with E-state index in [0.717, 1.165) is 4.90 Å². The molecule has 1 aromatic heterocycles. The molecule has 0 bridgehead atoms. The van der Waals surface area contributed by atoms with Gasteiger partial charge >= 0.3 is 0 Å². The van der Waals surface area contributed by atoms with E-state index in [9.17, 15) is 9.59 Å². The molecule has 5 nitrogen and oxygen atoms in total. The van der Waals surface area contributed by atoms with Crippen molar-refractivity contribution in [2.24, 2.45) is 0 Å². The summed E-state index contributed by atoms with van der Waals surface area (Å²) in [6.07, 6.45) is 0. The fourth-order valence-electron chi connectivity index (χ4n) is 2.36. The first kappa shape index (κ1) is 18.8. The zero-order chi connectivity index (χ0) is 18.7. The molecule has 2 aromatic carbocycles. The van der Waals surface area contributed by atoms with Crippen LogP contribution in [0.5, 0.6) is 0 Å². The number of nitrogens with one attached hydrogen (secondary N) is 1. The number of benzene rings is 2. The van der Waals surface area contributed by atoms with E-state index in [1.165, 1.54) is 16.7 Å². The smallest absolute Gasteiger partial charge is 0.258 e. The molecule has 134 valence electrons. The van der Waals surface area contributed by atoms with E-state index < -0.39 is 0 Å². The van der Waals surface area contributed by atoms with Crippen LogP contribution >= 0.6 is 35.0 Å². The fourth-order valence-corrected chi connectivity index (χ4v) is 3.79. The van der Waals surface area contributed by atoms with Gasteiger partial charge in [0.05, 0.1) is 28.2 Å². The Labute approximate surface area is 164 Å². The minimum atomic E-state index is -0.216. The van der Waals surface area contributed by atoms with E-state index >= 15 is 0 Å². The van der Waals surface area contributed by atoms with Gasteiger partial charge in [-0.15, -0.1) is 11.8 Å². The molecule has 0 aliphatic heterocycles. The van der Waals surface area contributed by atoms with E-state index in [-0.39, 0.29) is 23.8 Å². The van der Waals surface area contributed by atoms with Crippen LogP contribution in [0.25, 0.3) is 10.9 Å². The summed E-state index contributed by atoms with van der Waals surface area (Å²) < 4.78 is 0. The van der Waals surface area contributed by atoms with Crippen molar-refractivity contribution in [1.82, 2.24) is 14.9 Å². The zero-order valence-electron chi connectivity index (χ0n) is 13.8. The molecule has 0 aliphatic carbocycles. The van der Waals surface area contributed by atoms with Gasteiger partial charge in [-0.25, -0.2) is 4.98 Å². The molecule has 0 radical (unpaired) electrons. The molecule has 0 fully saturated rings.